The maximum absolute atomic E-state index is 5.27. The highest BCUT2D eigenvalue weighted by molar-refractivity contribution is 6.04. The zero-order valence-electron chi connectivity index (χ0n) is 79.8. The second-order valence-corrected chi connectivity index (χ2v) is 36.6. The molecule has 0 fully saturated rings. The van der Waals surface area contributed by atoms with Gasteiger partial charge in [0.2, 0.25) is 0 Å². The first-order valence-corrected chi connectivity index (χ1v) is 49.4. The largest absolute Gasteiger partial charge is 0.256 e. The first kappa shape index (κ1) is 89.2. The number of pyridine rings is 7. The molecule has 26 rings (SSSR count). The molecule has 0 atom stereocenters. The lowest BCUT2D eigenvalue weighted by Crippen LogP contribution is -1.93. The number of benzene rings is 19. The molecule has 0 bridgehead atoms. The Labute approximate surface area is 849 Å². The number of hydrogen-bond donors (Lipinski definition) is 0. The fraction of sp³-hybridized carbons (Fsp3) is 0. The summed E-state index contributed by atoms with van der Waals surface area (Å²) in [4.78, 5) is 35.1. The Balaban J connectivity index is 0.000000118. The molecule has 7 heteroatoms. The van der Waals surface area contributed by atoms with Crippen LogP contribution >= 0.6 is 0 Å². The van der Waals surface area contributed by atoms with Gasteiger partial charge in [0, 0.05) is 72.7 Å². The predicted octanol–water partition coefficient (Wildman–Crippen LogP) is 36.6. The van der Waals surface area contributed by atoms with Crippen molar-refractivity contribution in [3.8, 4) is 201 Å². The highest BCUT2D eigenvalue weighted by Crippen LogP contribution is 2.44. The molecule has 7 nitrogen and oxygen atoms in total. The highest BCUT2D eigenvalue weighted by Gasteiger charge is 2.21. The zero-order valence-corrected chi connectivity index (χ0v) is 79.8. The van der Waals surface area contributed by atoms with E-state index in [9.17, 15) is 0 Å². The van der Waals surface area contributed by atoms with E-state index in [0.29, 0.717) is 0 Å². The lowest BCUT2D eigenvalue weighted by atomic mass is 9.93. The molecular weight excluding hydrogens is 1770 g/mol. The first-order chi connectivity index (χ1) is 72.3. The summed E-state index contributed by atoms with van der Waals surface area (Å²) >= 11 is 0. The third kappa shape index (κ3) is 19.3. The van der Waals surface area contributed by atoms with Crippen LogP contribution in [0.2, 0.25) is 0 Å². The van der Waals surface area contributed by atoms with Crippen molar-refractivity contribution in [2.45, 2.75) is 0 Å². The van der Waals surface area contributed by atoms with Gasteiger partial charge >= 0.3 is 0 Å². The first-order valence-electron chi connectivity index (χ1n) is 49.4. The molecule has 7 heterocycles. The molecule has 0 N–H and O–H groups in total. The fourth-order valence-corrected chi connectivity index (χ4v) is 19.7. The van der Waals surface area contributed by atoms with Gasteiger partial charge in [-0.05, 0) is 267 Å². The van der Waals surface area contributed by atoms with Crippen molar-refractivity contribution in [3.05, 3.63) is 564 Å². The molecule has 0 radical (unpaired) electrons. The maximum atomic E-state index is 5.27. The van der Waals surface area contributed by atoms with Crippen LogP contribution in [0.5, 0.6) is 0 Å². The number of hydrogen-bond acceptors (Lipinski definition) is 7. The van der Waals surface area contributed by atoms with Crippen molar-refractivity contribution in [3.63, 3.8) is 0 Å². The van der Waals surface area contributed by atoms with Gasteiger partial charge in [-0.25, -0.2) is 24.9 Å². The van der Waals surface area contributed by atoms with Crippen LogP contribution < -0.4 is 0 Å². The third-order valence-corrected chi connectivity index (χ3v) is 27.3. The minimum absolute atomic E-state index is 0.840. The van der Waals surface area contributed by atoms with Crippen LogP contribution in [0.1, 0.15) is 0 Å². The van der Waals surface area contributed by atoms with Gasteiger partial charge in [0.15, 0.2) is 0 Å². The number of nitrogens with zero attached hydrogens (tertiary/aromatic N) is 7. The van der Waals surface area contributed by atoms with Crippen LogP contribution in [0.4, 0.5) is 0 Å². The second kappa shape index (κ2) is 40.8. The average molecular weight is 1860 g/mol. The molecule has 0 saturated carbocycles. The molecule has 0 spiro atoms. The normalized spacial score (nSPS) is 11.2. The molecular formula is C139H93N7. The van der Waals surface area contributed by atoms with Crippen molar-refractivity contribution in [1.82, 2.24) is 34.9 Å². The van der Waals surface area contributed by atoms with E-state index in [0.717, 1.165) is 183 Å². The number of aromatic nitrogens is 7. The van der Waals surface area contributed by atoms with Crippen LogP contribution in [-0.4, -0.2) is 34.9 Å². The van der Waals surface area contributed by atoms with E-state index in [4.69, 9.17) is 29.9 Å². The SMILES string of the molecule is c1ccc(-c2cccc(-c3ccc4nc(-c5cccc(-c6ccccc6)c5)cc(-c5ccc(-c6ccc7ccccc7n6)nc5)c4c3)c2)cc1.c1ccc(-c2cccc(-c3ccc4nc(-c5cccc(-c6ccccc6)c5)cc(-c5ccc(-c6ccccn6)cc5)c4c3)c2)cc1.c1ccc(-c2cccc(-c3ccc4nc(-c5cccc(-c6ccccc6)c5)cc(-c5cccc(-c6ccc7ccccc7n6)c5)c4c3)c2)cc1. The van der Waals surface area contributed by atoms with E-state index < -0.39 is 0 Å². The van der Waals surface area contributed by atoms with Gasteiger partial charge < -0.3 is 0 Å². The second-order valence-electron chi connectivity index (χ2n) is 36.6. The molecule has 0 aliphatic rings. The summed E-state index contributed by atoms with van der Waals surface area (Å²) < 4.78 is 0. The Morgan fingerprint density at radius 3 is 0.726 bits per heavy atom. The van der Waals surface area contributed by atoms with Gasteiger partial charge in [-0.1, -0.05) is 413 Å². The van der Waals surface area contributed by atoms with E-state index in [2.05, 4.69) is 502 Å². The summed E-state index contributed by atoms with van der Waals surface area (Å²) in [5.74, 6) is 0. The summed E-state index contributed by atoms with van der Waals surface area (Å²) in [5, 5.41) is 5.56. The summed E-state index contributed by atoms with van der Waals surface area (Å²) in [6.45, 7) is 0. The molecule has 0 aliphatic carbocycles. The van der Waals surface area contributed by atoms with Gasteiger partial charge in [0.1, 0.15) is 0 Å². The van der Waals surface area contributed by atoms with Crippen molar-refractivity contribution in [1.29, 1.82) is 0 Å². The Hall–Kier alpha value is -19.5. The summed E-state index contributed by atoms with van der Waals surface area (Å²) in [6.07, 6.45) is 3.80. The van der Waals surface area contributed by atoms with Crippen molar-refractivity contribution >= 4 is 54.5 Å². The summed E-state index contributed by atoms with van der Waals surface area (Å²) in [7, 11) is 0. The number of fused-ring (bicyclic) bond motifs is 5. The van der Waals surface area contributed by atoms with Crippen molar-refractivity contribution in [2.24, 2.45) is 0 Å². The number of para-hydroxylation sites is 2. The van der Waals surface area contributed by atoms with Gasteiger partial charge in [-0.15, -0.1) is 0 Å². The Kier molecular flexibility index (Phi) is 24.9. The van der Waals surface area contributed by atoms with Gasteiger partial charge in [-0.2, -0.15) is 0 Å². The van der Waals surface area contributed by atoms with Gasteiger partial charge in [0.05, 0.1) is 67.4 Å². The lowest BCUT2D eigenvalue weighted by Gasteiger charge is -2.14. The molecule has 684 valence electrons. The Morgan fingerprint density at radius 2 is 0.363 bits per heavy atom. The smallest absolute Gasteiger partial charge is 0.0893 e. The molecule has 7 aromatic heterocycles. The Morgan fingerprint density at radius 1 is 0.110 bits per heavy atom. The minimum Gasteiger partial charge on any atom is -0.256 e. The average Bonchev–Trinajstić information content (AvgIpc) is 0.767. The molecule has 26 aromatic rings. The van der Waals surface area contributed by atoms with Crippen LogP contribution in [0, 0.1) is 0 Å². The van der Waals surface area contributed by atoms with E-state index in [-0.39, 0.29) is 0 Å². The van der Waals surface area contributed by atoms with E-state index in [1.807, 2.05) is 67.0 Å². The van der Waals surface area contributed by atoms with Crippen LogP contribution in [-0.2, 0) is 0 Å². The quantitative estimate of drug-likeness (QED) is 0.0845. The fourth-order valence-electron chi connectivity index (χ4n) is 19.7. The topological polar surface area (TPSA) is 90.2 Å². The molecule has 146 heavy (non-hydrogen) atoms. The molecule has 0 saturated heterocycles. The summed E-state index contributed by atoms with van der Waals surface area (Å²) in [6, 6.07) is 195. The van der Waals surface area contributed by atoms with Crippen molar-refractivity contribution in [2.75, 3.05) is 0 Å². The van der Waals surface area contributed by atoms with Crippen molar-refractivity contribution < 1.29 is 0 Å². The van der Waals surface area contributed by atoms with E-state index in [1.165, 1.54) is 72.3 Å². The number of rotatable bonds is 18. The third-order valence-electron chi connectivity index (χ3n) is 27.3. The van der Waals surface area contributed by atoms with Gasteiger partial charge in [0.25, 0.3) is 0 Å². The zero-order chi connectivity index (χ0) is 97.3. The van der Waals surface area contributed by atoms with Crippen LogP contribution in [0.3, 0.4) is 0 Å². The van der Waals surface area contributed by atoms with Crippen LogP contribution in [0.15, 0.2) is 564 Å². The highest BCUT2D eigenvalue weighted by atomic mass is 14.8. The molecule has 0 aliphatic heterocycles. The monoisotopic (exact) mass is 1860 g/mol. The standard InChI is InChI=1S/C48H32N2.C47H31N3.C44H30N2/c1-3-12-33(13-4-1)36-17-9-19-38(28-36)39-25-27-47-44(31-39)43(32-48(50-47)42-22-10-18-37(29-42)34-14-5-2-6-15-34)40-20-11-21-41(30-40)46-26-24-35-16-7-8-23-45(35)49-46;1-3-11-32(12-4-1)35-16-9-18-37(27-35)38-22-24-44-42(29-38)41(30-47(50-44)39-19-10-17-36(28-39)33-13-5-2-6-14-33)40-23-25-45(48-31-40)46-26-21-34-15-7-8-20-43(34)49-46;1-3-11-31(12-4-1)35-15-9-17-37(27-35)38-24-25-43-41(29-38)40(33-20-22-34(23-21-33)42-19-7-8-26-45-42)30-44(46-43)39-18-10-16-36(28-39)32-13-5-2-6-14-32/h1-32H;1-31H;1-30H. The van der Waals surface area contributed by atoms with E-state index >= 15 is 0 Å². The molecule has 0 amide bonds. The van der Waals surface area contributed by atoms with Crippen LogP contribution in [0.25, 0.3) is 256 Å². The van der Waals surface area contributed by atoms with E-state index in [1.54, 1.807) is 0 Å². The maximum Gasteiger partial charge on any atom is 0.0893 e. The molecule has 19 aromatic carbocycles. The lowest BCUT2D eigenvalue weighted by molar-refractivity contribution is 1.28. The Bertz CT molecular complexity index is 9250. The molecule has 0 unspecified atom stereocenters. The van der Waals surface area contributed by atoms with Gasteiger partial charge in [-0.3, -0.25) is 9.97 Å². The predicted molar refractivity (Wildman–Crippen MR) is 609 cm³/mol. The summed E-state index contributed by atoms with van der Waals surface area (Å²) in [5.41, 5.74) is 44.6. The minimum atomic E-state index is 0.840.